The average Bonchev–Trinajstić information content (AvgIpc) is 3.15. The molecule has 4 aromatic rings. The molecule has 0 spiro atoms. The second-order valence-corrected chi connectivity index (χ2v) is 8.76. The molecule has 0 atom stereocenters. The first-order valence-electron chi connectivity index (χ1n) is 12.9. The topological polar surface area (TPSA) is 27.7 Å². The van der Waals surface area contributed by atoms with Gasteiger partial charge in [0.2, 0.25) is 0 Å². The van der Waals surface area contributed by atoms with Crippen LogP contribution in [0.5, 0.6) is 0 Å². The molecule has 3 heteroatoms. The first kappa shape index (κ1) is 10.2. The molecule has 0 aliphatic rings. The summed E-state index contributed by atoms with van der Waals surface area (Å²) in [5, 5.41) is 11.2. The van der Waals surface area contributed by atoms with Crippen LogP contribution in [0.1, 0.15) is 54.3 Å². The van der Waals surface area contributed by atoms with Gasteiger partial charge >= 0.3 is 179 Å². The Labute approximate surface area is 179 Å². The number of pyridine rings is 1. The molecule has 0 radical (unpaired) electrons. The minimum absolute atomic E-state index is 0.195. The van der Waals surface area contributed by atoms with Crippen molar-refractivity contribution < 1.29 is 16.9 Å². The zero-order chi connectivity index (χ0) is 27.0. The Balaban J connectivity index is 2.21. The number of aromatic nitrogens is 1. The number of rotatable bonds is 2. The average molecular weight is 427 g/mol. The summed E-state index contributed by atoms with van der Waals surface area (Å²) < 4.78 is 77.7. The van der Waals surface area contributed by atoms with Crippen molar-refractivity contribution in [2.75, 3.05) is 0 Å². The Kier molecular flexibility index (Phi) is 2.52. The number of hydrogen-bond acceptors (Lipinski definition) is 1. The molecule has 0 aliphatic heterocycles. The number of fused-ring (bicyclic) bond motifs is 3. The molecule has 0 bridgehead atoms. The summed E-state index contributed by atoms with van der Waals surface area (Å²) in [5.74, 6) is -3.16. The Morgan fingerprint density at radius 3 is 2.74 bits per heavy atom. The van der Waals surface area contributed by atoms with Gasteiger partial charge in [-0.3, -0.25) is 0 Å². The number of aryl methyl sites for hydroxylation is 1. The van der Waals surface area contributed by atoms with E-state index in [1.165, 1.54) is 0 Å². The van der Waals surface area contributed by atoms with E-state index in [0.717, 1.165) is 24.9 Å². The fourth-order valence-electron chi connectivity index (χ4n) is 3.32. The van der Waals surface area contributed by atoms with Crippen LogP contribution < -0.4 is 4.57 Å². The van der Waals surface area contributed by atoms with Crippen LogP contribution >= 0.6 is 0 Å². The van der Waals surface area contributed by atoms with Crippen molar-refractivity contribution in [2.24, 2.45) is 7.05 Å². The van der Waals surface area contributed by atoms with E-state index < -0.39 is 37.2 Å². The maximum absolute atomic E-state index is 9.36. The van der Waals surface area contributed by atoms with Crippen LogP contribution in [-0.4, -0.2) is 14.5 Å². The number of nitriles is 1. The molecule has 0 N–H and O–H groups in total. The van der Waals surface area contributed by atoms with Crippen LogP contribution in [0.15, 0.2) is 42.4 Å². The zero-order valence-electron chi connectivity index (χ0n) is 24.2. The Morgan fingerprint density at radius 2 is 2.00 bits per heavy atom. The van der Waals surface area contributed by atoms with Gasteiger partial charge in [-0.15, -0.1) is 0 Å². The summed E-state index contributed by atoms with van der Waals surface area (Å²) in [6.45, 7) is -3.20. The minimum atomic E-state index is -3.31. The quantitative estimate of drug-likeness (QED) is 0.321. The predicted molar refractivity (Wildman–Crippen MR) is 113 cm³/mol. The van der Waals surface area contributed by atoms with E-state index >= 15 is 0 Å². The maximum atomic E-state index is 9.36. The molecule has 134 valence electrons. The van der Waals surface area contributed by atoms with Gasteiger partial charge in [-0.2, -0.15) is 0 Å². The first-order valence-corrected chi connectivity index (χ1v) is 10.1. The standard InChI is InChI=1S/C24H23N2Se/c1-14(2)18-10-16(4)26(5)21(12-18)23-15(3)6-8-19-20-11-17(13-25)7-9-22(20)27-24(19)23/h6-12,14H,1-5H3/q+1/i1D3,2D3,10D,12D,14D. The summed E-state index contributed by atoms with van der Waals surface area (Å²) >= 11 is -0.195. The van der Waals surface area contributed by atoms with Crippen LogP contribution in [0.4, 0.5) is 0 Å². The van der Waals surface area contributed by atoms with E-state index in [1.807, 2.05) is 31.2 Å². The monoisotopic (exact) mass is 428 g/mol. The third-order valence-corrected chi connectivity index (χ3v) is 7.38. The zero-order valence-corrected chi connectivity index (χ0v) is 16.9. The van der Waals surface area contributed by atoms with Gasteiger partial charge in [-0.25, -0.2) is 0 Å². The van der Waals surface area contributed by atoms with Gasteiger partial charge < -0.3 is 0 Å². The normalized spacial score (nSPS) is 17.6. The van der Waals surface area contributed by atoms with Gasteiger partial charge in [0.15, 0.2) is 0 Å². The summed E-state index contributed by atoms with van der Waals surface area (Å²) in [4.78, 5) is 0. The third kappa shape index (κ3) is 2.90. The van der Waals surface area contributed by atoms with Gasteiger partial charge in [-0.1, -0.05) is 0 Å². The van der Waals surface area contributed by atoms with Crippen molar-refractivity contribution in [3.8, 4) is 17.3 Å². The van der Waals surface area contributed by atoms with Gasteiger partial charge in [0, 0.05) is 0 Å². The van der Waals surface area contributed by atoms with E-state index in [9.17, 15) is 5.26 Å². The molecule has 0 unspecified atom stereocenters. The molecule has 0 saturated carbocycles. The summed E-state index contributed by atoms with van der Waals surface area (Å²) in [6, 6.07) is 10.6. The van der Waals surface area contributed by atoms with Crippen LogP contribution in [0, 0.1) is 25.2 Å². The molecule has 0 saturated heterocycles. The van der Waals surface area contributed by atoms with Crippen LogP contribution in [0.25, 0.3) is 30.6 Å². The summed E-state index contributed by atoms with van der Waals surface area (Å²) in [6.07, 6.45) is 0. The van der Waals surface area contributed by atoms with Crippen molar-refractivity contribution >= 4 is 33.8 Å². The van der Waals surface area contributed by atoms with Gasteiger partial charge in [0.25, 0.3) is 0 Å². The third-order valence-electron chi connectivity index (χ3n) is 4.85. The molecule has 2 aromatic carbocycles. The number of nitrogens with zero attached hydrogens (tertiary/aromatic N) is 2. The second-order valence-electron chi connectivity index (χ2n) is 6.55. The number of hydrogen-bond donors (Lipinski definition) is 0. The van der Waals surface area contributed by atoms with Crippen molar-refractivity contribution in [3.63, 3.8) is 0 Å². The predicted octanol–water partition coefficient (Wildman–Crippen LogP) is 5.15. The molecule has 0 aliphatic carbocycles. The van der Waals surface area contributed by atoms with Crippen LogP contribution in [-0.2, 0) is 7.05 Å². The van der Waals surface area contributed by atoms with Crippen molar-refractivity contribution in [3.05, 3.63) is 64.8 Å². The van der Waals surface area contributed by atoms with Gasteiger partial charge in [-0.05, 0) is 0 Å². The Morgan fingerprint density at radius 1 is 1.19 bits per heavy atom. The molecular weight excluding hydrogens is 395 g/mol. The van der Waals surface area contributed by atoms with Crippen molar-refractivity contribution in [1.29, 1.82) is 5.26 Å². The summed E-state index contributed by atoms with van der Waals surface area (Å²) in [7, 11) is 1.66. The molecule has 4 rings (SSSR count). The molecule has 0 amide bonds. The Bertz CT molecular complexity index is 1580. The van der Waals surface area contributed by atoms with Crippen LogP contribution in [0.2, 0.25) is 0 Å². The van der Waals surface area contributed by atoms with Crippen molar-refractivity contribution in [1.82, 2.24) is 0 Å². The van der Waals surface area contributed by atoms with Crippen LogP contribution in [0.3, 0.4) is 0 Å². The Hall–Kier alpha value is -2.40. The van der Waals surface area contributed by atoms with E-state index in [2.05, 4.69) is 6.07 Å². The second kappa shape index (κ2) is 6.64. The molecule has 2 aromatic heterocycles. The molecular formula is C24H23N2Se+. The molecule has 27 heavy (non-hydrogen) atoms. The number of benzene rings is 2. The SMILES string of the molecule is [2H]c1c(C([2H])(C([2H])([2H])[2H])C([2H])([2H])[2H])c([2H])c(-c2c(C)ccc3c2[se]c2ccc(C#N)cc23)[n+](C)c1C. The van der Waals surface area contributed by atoms with E-state index in [1.54, 1.807) is 24.6 Å². The van der Waals surface area contributed by atoms with Crippen molar-refractivity contribution in [2.45, 2.75) is 33.4 Å². The fraction of sp³-hybridized carbons (Fsp3) is 0.250. The van der Waals surface area contributed by atoms with Gasteiger partial charge in [0.1, 0.15) is 0 Å². The first-order chi connectivity index (χ1) is 16.6. The van der Waals surface area contributed by atoms with E-state index in [0.29, 0.717) is 11.1 Å². The fourth-order valence-corrected chi connectivity index (χ4v) is 6.01. The molecule has 0 fully saturated rings. The molecule has 2 nitrogen and oxygen atoms in total. The van der Waals surface area contributed by atoms with Gasteiger partial charge in [0.05, 0.1) is 0 Å². The molecule has 2 heterocycles. The van der Waals surface area contributed by atoms with E-state index in [4.69, 9.17) is 12.3 Å². The van der Waals surface area contributed by atoms with E-state index in [-0.39, 0.29) is 25.9 Å². The summed E-state index contributed by atoms with van der Waals surface area (Å²) in [5.41, 5.74) is 1.89.